The van der Waals surface area contributed by atoms with Gasteiger partial charge in [0, 0.05) is 28.9 Å². The van der Waals surface area contributed by atoms with Crippen molar-refractivity contribution in [2.45, 2.75) is 32.2 Å². The molecule has 4 aromatic rings. The van der Waals surface area contributed by atoms with Crippen LogP contribution in [0.2, 0.25) is 0 Å². The van der Waals surface area contributed by atoms with E-state index in [0.29, 0.717) is 0 Å². The Balaban J connectivity index is 0.00000289. The fraction of sp³-hybridized carbons (Fsp3) is 0.241. The molecule has 0 saturated carbocycles. The number of ether oxygens (including phenoxy) is 2. The Morgan fingerprint density at radius 1 is 0.943 bits per heavy atom. The molecular weight excluding hydrogens is 440 g/mol. The highest BCUT2D eigenvalue weighted by atomic mass is 16.6. The molecule has 0 saturated heterocycles. The van der Waals surface area contributed by atoms with Crippen molar-refractivity contribution in [2.75, 3.05) is 13.7 Å². The molecular formula is C29H30N2O4. The highest BCUT2D eigenvalue weighted by Gasteiger charge is 2.33. The van der Waals surface area contributed by atoms with E-state index in [1.54, 1.807) is 0 Å². The number of alkyl carbamates (subject to hydrolysis) is 1. The van der Waals surface area contributed by atoms with Crippen LogP contribution in [-0.4, -0.2) is 36.8 Å². The number of aromatic nitrogens is 1. The molecule has 0 aliphatic heterocycles. The molecule has 1 amide bonds. The first kappa shape index (κ1) is 24.1. The van der Waals surface area contributed by atoms with E-state index in [1.807, 2.05) is 61.7 Å². The topological polar surface area (TPSA) is 80.4 Å². The quantitative estimate of drug-likeness (QED) is 0.339. The summed E-state index contributed by atoms with van der Waals surface area (Å²) in [6.45, 7) is 2.07. The molecule has 0 spiro atoms. The number of esters is 1. The Kier molecular flexibility index (Phi) is 6.92. The normalized spacial score (nSPS) is 13.8. The van der Waals surface area contributed by atoms with Gasteiger partial charge in [-0.3, -0.25) is 0 Å². The van der Waals surface area contributed by atoms with Gasteiger partial charge < -0.3 is 19.8 Å². The molecule has 1 heterocycles. The monoisotopic (exact) mass is 470 g/mol. The number of H-pyrrole nitrogens is 1. The minimum absolute atomic E-state index is 0. The number of aromatic amines is 1. The second kappa shape index (κ2) is 10.1. The molecule has 1 aromatic heterocycles. The third kappa shape index (κ3) is 4.39. The van der Waals surface area contributed by atoms with E-state index in [9.17, 15) is 9.59 Å². The molecule has 180 valence electrons. The van der Waals surface area contributed by atoms with Crippen molar-refractivity contribution in [1.82, 2.24) is 10.3 Å². The molecule has 6 heteroatoms. The summed E-state index contributed by atoms with van der Waals surface area (Å²) in [5.74, 6) is -0.906. The lowest BCUT2D eigenvalue weighted by molar-refractivity contribution is -0.143. The van der Waals surface area contributed by atoms with E-state index >= 15 is 0 Å². The molecule has 0 bridgehead atoms. The number of amides is 1. The van der Waals surface area contributed by atoms with E-state index in [4.69, 9.17) is 9.47 Å². The maximum atomic E-state index is 12.8. The summed E-state index contributed by atoms with van der Waals surface area (Å²) >= 11 is 0. The molecule has 0 radical (unpaired) electrons. The Morgan fingerprint density at radius 2 is 1.54 bits per heavy atom. The van der Waals surface area contributed by atoms with Gasteiger partial charge in [-0.25, -0.2) is 9.59 Å². The van der Waals surface area contributed by atoms with Crippen LogP contribution < -0.4 is 5.32 Å². The Bertz CT molecular complexity index is 1310. The average Bonchev–Trinajstić information content (AvgIpc) is 3.45. The van der Waals surface area contributed by atoms with Crippen LogP contribution in [0.25, 0.3) is 22.0 Å². The number of hydrogen-bond donors (Lipinski definition) is 2. The third-order valence-corrected chi connectivity index (χ3v) is 6.68. The van der Waals surface area contributed by atoms with Gasteiger partial charge in [0.05, 0.1) is 7.11 Å². The van der Waals surface area contributed by atoms with Crippen LogP contribution in [0.5, 0.6) is 0 Å². The molecule has 6 nitrogen and oxygen atoms in total. The molecule has 3 aromatic carbocycles. The van der Waals surface area contributed by atoms with Crippen LogP contribution in [0.1, 0.15) is 42.9 Å². The minimum atomic E-state index is -0.889. The van der Waals surface area contributed by atoms with E-state index in [-0.39, 0.29) is 25.9 Å². The van der Waals surface area contributed by atoms with Crippen LogP contribution in [0.15, 0.2) is 79.0 Å². The van der Waals surface area contributed by atoms with E-state index in [1.165, 1.54) is 7.11 Å². The molecule has 5 rings (SSSR count). The molecule has 2 atom stereocenters. The smallest absolute Gasteiger partial charge is 0.407 e. The first-order chi connectivity index (χ1) is 16.6. The Morgan fingerprint density at radius 3 is 2.20 bits per heavy atom. The SMILES string of the molecule is C.COC(=O)[C@@H](NC(=O)OCC1c2ccccc2-c2ccccc21)[C@H](C)c1c[nH]c2ccccc12. The number of benzene rings is 3. The van der Waals surface area contributed by atoms with Crippen LogP contribution in [0.4, 0.5) is 4.79 Å². The van der Waals surface area contributed by atoms with Crippen molar-refractivity contribution < 1.29 is 19.1 Å². The van der Waals surface area contributed by atoms with Gasteiger partial charge in [0.15, 0.2) is 0 Å². The van der Waals surface area contributed by atoms with Crippen molar-refractivity contribution >= 4 is 23.0 Å². The molecule has 0 fully saturated rings. The summed E-state index contributed by atoms with van der Waals surface area (Å²) in [6.07, 6.45) is 1.22. The summed E-state index contributed by atoms with van der Waals surface area (Å²) in [7, 11) is 1.32. The van der Waals surface area contributed by atoms with E-state index in [2.05, 4.69) is 34.6 Å². The molecule has 1 aliphatic carbocycles. The summed E-state index contributed by atoms with van der Waals surface area (Å²) in [5.41, 5.74) is 6.47. The summed E-state index contributed by atoms with van der Waals surface area (Å²) in [4.78, 5) is 28.7. The Hall–Kier alpha value is -4.06. The number of hydrogen-bond acceptors (Lipinski definition) is 4. The predicted molar refractivity (Wildman–Crippen MR) is 137 cm³/mol. The van der Waals surface area contributed by atoms with Crippen molar-refractivity contribution in [3.8, 4) is 11.1 Å². The number of fused-ring (bicyclic) bond motifs is 4. The lowest BCUT2D eigenvalue weighted by Crippen LogP contribution is -2.45. The first-order valence-electron chi connectivity index (χ1n) is 11.3. The molecule has 0 unspecified atom stereocenters. The number of carbonyl (C=O) groups is 2. The Labute approximate surface area is 205 Å². The standard InChI is InChI=1S/C28H26N2O4.CH4/c1-17(23-15-29-25-14-8-7-13-22(23)25)26(27(31)33-2)30-28(32)34-16-24-20-11-5-3-9-18(20)19-10-4-6-12-21(19)24;/h3-15,17,24,26,29H,16H2,1-2H3,(H,30,32);1H4/t17-,26+;/m1./s1. The second-order valence-corrected chi connectivity index (χ2v) is 8.55. The maximum absolute atomic E-state index is 12.8. The molecule has 2 N–H and O–H groups in total. The number of rotatable bonds is 6. The number of nitrogens with one attached hydrogen (secondary N) is 2. The zero-order chi connectivity index (χ0) is 23.7. The van der Waals surface area contributed by atoms with E-state index in [0.717, 1.165) is 38.7 Å². The van der Waals surface area contributed by atoms with Crippen LogP contribution in [0.3, 0.4) is 0 Å². The lowest BCUT2D eigenvalue weighted by atomic mass is 9.93. The second-order valence-electron chi connectivity index (χ2n) is 8.55. The lowest BCUT2D eigenvalue weighted by Gasteiger charge is -2.23. The zero-order valence-electron chi connectivity index (χ0n) is 19.1. The number of methoxy groups -OCH3 is 1. The first-order valence-corrected chi connectivity index (χ1v) is 11.3. The fourth-order valence-corrected chi connectivity index (χ4v) is 4.93. The predicted octanol–water partition coefficient (Wildman–Crippen LogP) is 5.99. The fourth-order valence-electron chi connectivity index (χ4n) is 4.93. The average molecular weight is 471 g/mol. The highest BCUT2D eigenvalue weighted by molar-refractivity contribution is 5.87. The van der Waals surface area contributed by atoms with Gasteiger partial charge in [0.25, 0.3) is 0 Å². The van der Waals surface area contributed by atoms with Gasteiger partial charge in [0.2, 0.25) is 0 Å². The van der Waals surface area contributed by atoms with Gasteiger partial charge >= 0.3 is 12.1 Å². The van der Waals surface area contributed by atoms with Crippen molar-refractivity contribution in [2.24, 2.45) is 0 Å². The number of carbonyl (C=O) groups excluding carboxylic acids is 2. The van der Waals surface area contributed by atoms with Gasteiger partial charge in [-0.1, -0.05) is 81.1 Å². The summed E-state index contributed by atoms with van der Waals surface area (Å²) in [5, 5.41) is 3.74. The third-order valence-electron chi connectivity index (χ3n) is 6.68. The van der Waals surface area contributed by atoms with Gasteiger partial charge in [-0.2, -0.15) is 0 Å². The van der Waals surface area contributed by atoms with Crippen molar-refractivity contribution in [3.63, 3.8) is 0 Å². The van der Waals surface area contributed by atoms with Crippen molar-refractivity contribution in [1.29, 1.82) is 0 Å². The summed E-state index contributed by atoms with van der Waals surface area (Å²) in [6, 6.07) is 23.3. The van der Waals surface area contributed by atoms with Gasteiger partial charge in [0.1, 0.15) is 12.6 Å². The molecule has 1 aliphatic rings. The van der Waals surface area contributed by atoms with Crippen molar-refractivity contribution in [3.05, 3.63) is 95.7 Å². The number of para-hydroxylation sites is 1. The van der Waals surface area contributed by atoms with Gasteiger partial charge in [-0.15, -0.1) is 0 Å². The largest absolute Gasteiger partial charge is 0.467 e. The van der Waals surface area contributed by atoms with E-state index < -0.39 is 18.1 Å². The summed E-state index contributed by atoms with van der Waals surface area (Å²) < 4.78 is 10.7. The molecule has 35 heavy (non-hydrogen) atoms. The highest BCUT2D eigenvalue weighted by Crippen LogP contribution is 2.44. The van der Waals surface area contributed by atoms with Crippen LogP contribution in [0, 0.1) is 0 Å². The van der Waals surface area contributed by atoms with Gasteiger partial charge in [-0.05, 0) is 33.9 Å². The zero-order valence-corrected chi connectivity index (χ0v) is 19.1. The maximum Gasteiger partial charge on any atom is 0.407 e. The minimum Gasteiger partial charge on any atom is -0.467 e. The van der Waals surface area contributed by atoms with Crippen LogP contribution in [-0.2, 0) is 14.3 Å². The van der Waals surface area contributed by atoms with Crippen LogP contribution >= 0.6 is 0 Å².